The van der Waals surface area contributed by atoms with Crippen LogP contribution in [-0.2, 0) is 6.42 Å². The summed E-state index contributed by atoms with van der Waals surface area (Å²) in [4.78, 5) is 16.1. The first-order valence-corrected chi connectivity index (χ1v) is 9.51. The van der Waals surface area contributed by atoms with Gasteiger partial charge in [0, 0.05) is 23.6 Å². The number of nitrogens with one attached hydrogen (secondary N) is 1. The van der Waals surface area contributed by atoms with Crippen LogP contribution >= 0.6 is 15.9 Å². The summed E-state index contributed by atoms with van der Waals surface area (Å²) in [7, 11) is 0. The predicted octanol–water partition coefficient (Wildman–Crippen LogP) is 4.72. The molecular weight excluding hydrogens is 436 g/mol. The number of aromatic amines is 1. The molecule has 0 aliphatic rings. The first-order valence-electron chi connectivity index (χ1n) is 8.72. The summed E-state index contributed by atoms with van der Waals surface area (Å²) < 4.78 is 12.6. The topological polar surface area (TPSA) is 123 Å². The van der Waals surface area contributed by atoms with Crippen molar-refractivity contribution >= 4 is 32.7 Å². The fourth-order valence-corrected chi connectivity index (χ4v) is 3.53. The molecule has 0 fully saturated rings. The first-order chi connectivity index (χ1) is 14.1. The van der Waals surface area contributed by atoms with Crippen molar-refractivity contribution in [1.82, 2.24) is 19.9 Å². The highest BCUT2D eigenvalue weighted by atomic mass is 79.9. The Labute approximate surface area is 174 Å². The van der Waals surface area contributed by atoms with Gasteiger partial charge in [-0.05, 0) is 46.6 Å². The van der Waals surface area contributed by atoms with Gasteiger partial charge < -0.3 is 20.2 Å². The molecule has 0 unspecified atom stereocenters. The van der Waals surface area contributed by atoms with Crippen molar-refractivity contribution in [3.63, 3.8) is 0 Å². The van der Waals surface area contributed by atoms with E-state index in [2.05, 4.69) is 41.9 Å². The second-order valence-electron chi connectivity index (χ2n) is 6.10. The zero-order valence-electron chi connectivity index (χ0n) is 15.3. The lowest BCUT2D eigenvalue weighted by Crippen LogP contribution is -1.97. The highest BCUT2D eigenvalue weighted by molar-refractivity contribution is 9.10. The Morgan fingerprint density at radius 2 is 2.07 bits per heavy atom. The Kier molecular flexibility index (Phi) is 5.01. The van der Waals surface area contributed by atoms with E-state index in [9.17, 15) is 5.26 Å². The molecule has 3 aromatic heterocycles. The molecule has 0 spiro atoms. The molecule has 0 aliphatic heterocycles. The summed E-state index contributed by atoms with van der Waals surface area (Å²) in [6, 6.07) is 10.4. The van der Waals surface area contributed by atoms with E-state index < -0.39 is 0 Å². The molecule has 0 saturated carbocycles. The number of anilines is 1. The van der Waals surface area contributed by atoms with Crippen molar-refractivity contribution in [2.75, 3.05) is 5.73 Å². The first kappa shape index (κ1) is 18.7. The van der Waals surface area contributed by atoms with Crippen LogP contribution in [0.5, 0.6) is 23.4 Å². The molecule has 0 atom stereocenters. The summed E-state index contributed by atoms with van der Waals surface area (Å²) in [6.07, 6.45) is 3.97. The minimum absolute atomic E-state index is 0.0984. The average Bonchev–Trinajstić information content (AvgIpc) is 3.04. The molecule has 0 radical (unpaired) electrons. The molecule has 29 heavy (non-hydrogen) atoms. The van der Waals surface area contributed by atoms with Crippen molar-refractivity contribution in [1.29, 1.82) is 5.26 Å². The Balaban J connectivity index is 1.83. The number of rotatable bonds is 5. The summed E-state index contributed by atoms with van der Waals surface area (Å²) in [5.74, 6) is 1.15. The van der Waals surface area contributed by atoms with Gasteiger partial charge in [0.05, 0.1) is 27.7 Å². The largest absolute Gasteiger partial charge is 0.438 e. The van der Waals surface area contributed by atoms with E-state index in [0.717, 1.165) is 16.6 Å². The number of nitrogen functional groups attached to an aromatic ring is 1. The molecule has 0 aliphatic carbocycles. The van der Waals surface area contributed by atoms with E-state index in [0.29, 0.717) is 33.8 Å². The van der Waals surface area contributed by atoms with Crippen LogP contribution in [0, 0.1) is 11.3 Å². The fraction of sp³-hybridized carbons (Fsp3) is 0.100. The molecule has 3 N–H and O–H groups in total. The quantitative estimate of drug-likeness (QED) is 0.421. The van der Waals surface area contributed by atoms with Gasteiger partial charge in [0.25, 0.3) is 0 Å². The molecular formula is C20H15BrN6O2. The normalized spacial score (nSPS) is 10.7. The molecule has 3 heterocycles. The number of hydrogen-bond acceptors (Lipinski definition) is 7. The maximum atomic E-state index is 9.19. The van der Waals surface area contributed by atoms with E-state index in [1.807, 2.05) is 6.92 Å². The van der Waals surface area contributed by atoms with Gasteiger partial charge >= 0.3 is 6.01 Å². The second-order valence-corrected chi connectivity index (χ2v) is 6.89. The monoisotopic (exact) mass is 450 g/mol. The van der Waals surface area contributed by atoms with Gasteiger partial charge in [0.1, 0.15) is 17.1 Å². The number of pyridine rings is 1. The number of hydrogen-bond donors (Lipinski definition) is 2. The summed E-state index contributed by atoms with van der Waals surface area (Å²) in [5, 5.41) is 9.85. The maximum absolute atomic E-state index is 9.19. The third kappa shape index (κ3) is 3.83. The van der Waals surface area contributed by atoms with Crippen molar-refractivity contribution in [2.45, 2.75) is 13.3 Å². The van der Waals surface area contributed by atoms with Crippen molar-refractivity contribution in [3.05, 3.63) is 58.5 Å². The van der Waals surface area contributed by atoms with Crippen LogP contribution in [0.2, 0.25) is 0 Å². The lowest BCUT2D eigenvalue weighted by Gasteiger charge is -2.10. The number of benzene rings is 1. The van der Waals surface area contributed by atoms with Crippen molar-refractivity contribution in [3.8, 4) is 29.5 Å². The van der Waals surface area contributed by atoms with E-state index in [4.69, 9.17) is 15.2 Å². The van der Waals surface area contributed by atoms with Gasteiger partial charge in [-0.3, -0.25) is 4.98 Å². The summed E-state index contributed by atoms with van der Waals surface area (Å²) >= 11 is 3.59. The molecule has 4 rings (SSSR count). The number of fused-ring (bicyclic) bond motifs is 1. The molecule has 8 nitrogen and oxygen atoms in total. The van der Waals surface area contributed by atoms with E-state index in [1.165, 1.54) is 0 Å². The van der Waals surface area contributed by atoms with Crippen LogP contribution in [0.1, 0.15) is 18.2 Å². The van der Waals surface area contributed by atoms with E-state index in [1.54, 1.807) is 42.7 Å². The van der Waals surface area contributed by atoms with Gasteiger partial charge in [-0.2, -0.15) is 15.2 Å². The average molecular weight is 451 g/mol. The second kappa shape index (κ2) is 7.77. The van der Waals surface area contributed by atoms with Crippen LogP contribution in [0.4, 0.5) is 5.69 Å². The van der Waals surface area contributed by atoms with Crippen LogP contribution < -0.4 is 15.2 Å². The number of nitrogens with zero attached hydrogens (tertiary/aromatic N) is 4. The number of nitrogens with two attached hydrogens (primary N) is 1. The van der Waals surface area contributed by atoms with Gasteiger partial charge in [-0.1, -0.05) is 6.92 Å². The number of nitriles is 1. The lowest BCUT2D eigenvalue weighted by atomic mass is 10.2. The van der Waals surface area contributed by atoms with Crippen LogP contribution in [0.25, 0.3) is 11.0 Å². The predicted molar refractivity (Wildman–Crippen MR) is 111 cm³/mol. The smallest absolute Gasteiger partial charge is 0.327 e. The number of halogens is 1. The molecule has 0 saturated heterocycles. The fourth-order valence-electron chi connectivity index (χ4n) is 2.79. The molecule has 0 amide bonds. The number of aryl methyl sites for hydroxylation is 1. The van der Waals surface area contributed by atoms with Gasteiger partial charge in [0.2, 0.25) is 5.88 Å². The minimum atomic E-state index is 0.0984. The highest BCUT2D eigenvalue weighted by Crippen LogP contribution is 2.37. The lowest BCUT2D eigenvalue weighted by molar-refractivity contribution is 0.416. The van der Waals surface area contributed by atoms with Crippen LogP contribution in [0.3, 0.4) is 0 Å². The Morgan fingerprint density at radius 3 is 2.79 bits per heavy atom. The number of aromatic nitrogens is 4. The van der Waals surface area contributed by atoms with Gasteiger partial charge in [0.15, 0.2) is 0 Å². The summed E-state index contributed by atoms with van der Waals surface area (Å²) in [6.45, 7) is 2.02. The SMILES string of the molecule is CCc1[nH]c2nc(Oc3cccnc3)nc(Oc3cc(N)cc(C#N)c3)c2c1Br. The third-order valence-electron chi connectivity index (χ3n) is 4.08. The van der Waals surface area contributed by atoms with Crippen LogP contribution in [0.15, 0.2) is 47.2 Å². The Bertz CT molecular complexity index is 1230. The van der Waals surface area contributed by atoms with Crippen molar-refractivity contribution in [2.24, 2.45) is 0 Å². The molecule has 4 aromatic rings. The Morgan fingerprint density at radius 1 is 1.21 bits per heavy atom. The molecule has 0 bridgehead atoms. The van der Waals surface area contributed by atoms with Crippen LogP contribution in [-0.4, -0.2) is 19.9 Å². The van der Waals surface area contributed by atoms with Gasteiger partial charge in [-0.25, -0.2) is 0 Å². The van der Waals surface area contributed by atoms with E-state index in [-0.39, 0.29) is 11.9 Å². The van der Waals surface area contributed by atoms with E-state index >= 15 is 0 Å². The van der Waals surface area contributed by atoms with Crippen molar-refractivity contribution < 1.29 is 9.47 Å². The maximum Gasteiger partial charge on any atom is 0.327 e. The molecule has 1 aromatic carbocycles. The van der Waals surface area contributed by atoms with Gasteiger partial charge in [-0.15, -0.1) is 0 Å². The highest BCUT2D eigenvalue weighted by Gasteiger charge is 2.19. The number of H-pyrrole nitrogens is 1. The summed E-state index contributed by atoms with van der Waals surface area (Å²) in [5.41, 5.74) is 8.19. The minimum Gasteiger partial charge on any atom is -0.438 e. The Hall–Kier alpha value is -3.64. The zero-order valence-corrected chi connectivity index (χ0v) is 16.9. The number of ether oxygens (including phenoxy) is 2. The standard InChI is InChI=1S/C20H15BrN6O2/c1-2-15-17(21)16-18(25-15)26-20(29-13-4-3-5-24-10-13)27-19(16)28-14-7-11(9-22)6-12(23)8-14/h3-8,10H,2,23H2,1H3,(H,25,26,27). The third-order valence-corrected chi connectivity index (χ3v) is 4.95. The molecule has 9 heteroatoms. The molecule has 144 valence electrons. The zero-order chi connectivity index (χ0) is 20.4.